The summed E-state index contributed by atoms with van der Waals surface area (Å²) in [4.78, 5) is 25.1. The van der Waals surface area contributed by atoms with E-state index >= 15 is 0 Å². The predicted molar refractivity (Wildman–Crippen MR) is 75.9 cm³/mol. The number of anilines is 1. The molecule has 2 aliphatic heterocycles. The molecule has 1 atom stereocenters. The third kappa shape index (κ3) is 3.16. The Kier molecular flexibility index (Phi) is 4.06. The van der Waals surface area contributed by atoms with Crippen molar-refractivity contribution >= 4 is 17.7 Å². The molecule has 21 heavy (non-hydrogen) atoms. The molecule has 2 fully saturated rings. The molecule has 0 aliphatic carbocycles. The monoisotopic (exact) mass is 290 g/mol. The van der Waals surface area contributed by atoms with Crippen LogP contribution in [0.25, 0.3) is 0 Å². The summed E-state index contributed by atoms with van der Waals surface area (Å²) in [6, 6.07) is 7.57. The van der Waals surface area contributed by atoms with Crippen LogP contribution in [-0.4, -0.2) is 38.4 Å². The van der Waals surface area contributed by atoms with Gasteiger partial charge in [-0.3, -0.25) is 9.69 Å². The molecule has 6 heteroatoms. The Morgan fingerprint density at radius 1 is 1.38 bits per heavy atom. The number of cyclic esters (lactones) is 1. The molecule has 1 aromatic carbocycles. The van der Waals surface area contributed by atoms with Crippen LogP contribution in [0.4, 0.5) is 10.5 Å². The summed E-state index contributed by atoms with van der Waals surface area (Å²) in [5.41, 5.74) is 1.76. The van der Waals surface area contributed by atoms with Crippen molar-refractivity contribution in [2.24, 2.45) is 5.92 Å². The van der Waals surface area contributed by atoms with Crippen molar-refractivity contribution in [2.45, 2.75) is 13.0 Å². The molecule has 2 saturated heterocycles. The Morgan fingerprint density at radius 2 is 2.29 bits per heavy atom. The Labute approximate surface area is 123 Å². The highest BCUT2D eigenvalue weighted by atomic mass is 16.6. The second-order valence-corrected chi connectivity index (χ2v) is 5.21. The molecule has 1 N–H and O–H groups in total. The van der Waals surface area contributed by atoms with Crippen LogP contribution in [0.15, 0.2) is 24.3 Å². The minimum Gasteiger partial charge on any atom is -0.447 e. The molecular formula is C15H18N2O4. The quantitative estimate of drug-likeness (QED) is 0.907. The van der Waals surface area contributed by atoms with Gasteiger partial charge in [0.2, 0.25) is 5.91 Å². The Morgan fingerprint density at radius 3 is 3.00 bits per heavy atom. The fourth-order valence-electron chi connectivity index (χ4n) is 2.54. The van der Waals surface area contributed by atoms with Gasteiger partial charge in [-0.1, -0.05) is 12.1 Å². The lowest BCUT2D eigenvalue weighted by molar-refractivity contribution is -0.125. The number of nitrogens with zero attached hydrogens (tertiary/aromatic N) is 1. The number of benzene rings is 1. The molecule has 112 valence electrons. The van der Waals surface area contributed by atoms with E-state index in [0.29, 0.717) is 32.9 Å². The molecule has 0 bridgehead atoms. The molecule has 2 amide bonds. The first-order valence-electron chi connectivity index (χ1n) is 7.13. The van der Waals surface area contributed by atoms with Gasteiger partial charge in [0.25, 0.3) is 0 Å². The largest absolute Gasteiger partial charge is 0.447 e. The highest BCUT2D eigenvalue weighted by molar-refractivity contribution is 5.89. The number of hydrogen-bond donors (Lipinski definition) is 1. The van der Waals surface area contributed by atoms with Crippen molar-refractivity contribution in [1.82, 2.24) is 5.32 Å². The first kappa shape index (κ1) is 13.9. The smallest absolute Gasteiger partial charge is 0.414 e. The average molecular weight is 290 g/mol. The van der Waals surface area contributed by atoms with E-state index in [0.717, 1.165) is 17.7 Å². The minimum atomic E-state index is -0.320. The number of nitrogens with one attached hydrogen (secondary N) is 1. The van der Waals surface area contributed by atoms with Crippen molar-refractivity contribution in [3.05, 3.63) is 29.8 Å². The SMILES string of the molecule is O=C(NCc1cccc(N2CCOC2=O)c1)[C@@H]1CCOC1. The molecule has 1 aromatic rings. The van der Waals surface area contributed by atoms with Gasteiger partial charge in [0.15, 0.2) is 0 Å². The summed E-state index contributed by atoms with van der Waals surface area (Å²) in [6.07, 6.45) is 0.463. The molecule has 0 spiro atoms. The van der Waals surface area contributed by atoms with Crippen LogP contribution < -0.4 is 10.2 Å². The van der Waals surface area contributed by atoms with E-state index < -0.39 is 0 Å². The van der Waals surface area contributed by atoms with Gasteiger partial charge in [-0.2, -0.15) is 0 Å². The third-order valence-electron chi connectivity index (χ3n) is 3.75. The third-order valence-corrected chi connectivity index (χ3v) is 3.75. The van der Waals surface area contributed by atoms with E-state index in [1.807, 2.05) is 24.3 Å². The summed E-state index contributed by atoms with van der Waals surface area (Å²) in [5.74, 6) is -0.0137. The van der Waals surface area contributed by atoms with Crippen LogP contribution in [0.1, 0.15) is 12.0 Å². The molecule has 6 nitrogen and oxygen atoms in total. The van der Waals surface area contributed by atoms with Gasteiger partial charge in [0.05, 0.1) is 19.1 Å². The molecule has 3 rings (SSSR count). The van der Waals surface area contributed by atoms with Gasteiger partial charge in [-0.25, -0.2) is 4.79 Å². The highest BCUT2D eigenvalue weighted by Crippen LogP contribution is 2.20. The van der Waals surface area contributed by atoms with Crippen LogP contribution in [0.3, 0.4) is 0 Å². The van der Waals surface area contributed by atoms with E-state index in [-0.39, 0.29) is 17.9 Å². The maximum Gasteiger partial charge on any atom is 0.414 e. The van der Waals surface area contributed by atoms with Crippen molar-refractivity contribution in [3.63, 3.8) is 0 Å². The molecule has 0 unspecified atom stereocenters. The predicted octanol–water partition coefficient (Wildman–Crippen LogP) is 1.30. The lowest BCUT2D eigenvalue weighted by atomic mass is 10.1. The number of rotatable bonds is 4. The highest BCUT2D eigenvalue weighted by Gasteiger charge is 2.24. The Hall–Kier alpha value is -2.08. The van der Waals surface area contributed by atoms with Crippen LogP contribution >= 0.6 is 0 Å². The minimum absolute atomic E-state index is 0.0264. The summed E-state index contributed by atoms with van der Waals surface area (Å²) >= 11 is 0. The maximum atomic E-state index is 11.9. The van der Waals surface area contributed by atoms with Crippen LogP contribution in [0.5, 0.6) is 0 Å². The van der Waals surface area contributed by atoms with Gasteiger partial charge in [-0.05, 0) is 24.1 Å². The maximum absolute atomic E-state index is 11.9. The number of ether oxygens (including phenoxy) is 2. The van der Waals surface area contributed by atoms with Crippen molar-refractivity contribution in [1.29, 1.82) is 0 Å². The number of carbonyl (C=O) groups excluding carboxylic acids is 2. The molecular weight excluding hydrogens is 272 g/mol. The summed E-state index contributed by atoms with van der Waals surface area (Å²) in [6.45, 7) is 2.59. The second kappa shape index (κ2) is 6.13. The zero-order valence-electron chi connectivity index (χ0n) is 11.7. The summed E-state index contributed by atoms with van der Waals surface area (Å²) in [7, 11) is 0. The fourth-order valence-corrected chi connectivity index (χ4v) is 2.54. The number of amides is 2. The van der Waals surface area contributed by atoms with Crippen LogP contribution in [-0.2, 0) is 20.8 Å². The lowest BCUT2D eigenvalue weighted by Gasteiger charge is -2.14. The second-order valence-electron chi connectivity index (χ2n) is 5.21. The Bertz CT molecular complexity index is 540. The van der Waals surface area contributed by atoms with Gasteiger partial charge in [0.1, 0.15) is 6.61 Å². The first-order valence-corrected chi connectivity index (χ1v) is 7.13. The van der Waals surface area contributed by atoms with E-state index in [2.05, 4.69) is 5.32 Å². The molecule has 0 aromatic heterocycles. The van der Waals surface area contributed by atoms with Crippen molar-refractivity contribution in [3.8, 4) is 0 Å². The lowest BCUT2D eigenvalue weighted by Crippen LogP contribution is -2.30. The fraction of sp³-hybridized carbons (Fsp3) is 0.467. The number of carbonyl (C=O) groups is 2. The summed E-state index contributed by atoms with van der Waals surface area (Å²) in [5, 5.41) is 2.92. The van der Waals surface area contributed by atoms with Gasteiger partial charge < -0.3 is 14.8 Å². The van der Waals surface area contributed by atoms with Gasteiger partial charge in [0, 0.05) is 18.8 Å². The van der Waals surface area contributed by atoms with E-state index in [1.54, 1.807) is 4.90 Å². The molecule has 0 radical (unpaired) electrons. The normalized spacial score (nSPS) is 21.4. The van der Waals surface area contributed by atoms with Gasteiger partial charge >= 0.3 is 6.09 Å². The Balaban J connectivity index is 1.60. The molecule has 2 heterocycles. The van der Waals surface area contributed by atoms with E-state index in [4.69, 9.17) is 9.47 Å². The van der Waals surface area contributed by atoms with Crippen LogP contribution in [0, 0.1) is 5.92 Å². The van der Waals surface area contributed by atoms with Crippen molar-refractivity contribution < 1.29 is 19.1 Å². The van der Waals surface area contributed by atoms with E-state index in [1.165, 1.54) is 0 Å². The van der Waals surface area contributed by atoms with Crippen molar-refractivity contribution in [2.75, 3.05) is 31.3 Å². The standard InChI is InChI=1S/C15H18N2O4/c18-14(12-4-6-20-10-12)16-9-11-2-1-3-13(8-11)17-5-7-21-15(17)19/h1-3,8,12H,4-7,9-10H2,(H,16,18)/t12-/m1/s1. The summed E-state index contributed by atoms with van der Waals surface area (Å²) < 4.78 is 10.1. The first-order chi connectivity index (χ1) is 10.2. The molecule has 2 aliphatic rings. The zero-order chi connectivity index (χ0) is 14.7. The van der Waals surface area contributed by atoms with Gasteiger partial charge in [-0.15, -0.1) is 0 Å². The van der Waals surface area contributed by atoms with Crippen LogP contribution in [0.2, 0.25) is 0 Å². The van der Waals surface area contributed by atoms with E-state index in [9.17, 15) is 9.59 Å². The topological polar surface area (TPSA) is 67.9 Å². The zero-order valence-corrected chi connectivity index (χ0v) is 11.7. The molecule has 0 saturated carbocycles. The number of hydrogen-bond acceptors (Lipinski definition) is 4. The average Bonchev–Trinajstić information content (AvgIpc) is 3.16.